The van der Waals surface area contributed by atoms with Crippen molar-refractivity contribution in [3.8, 4) is 5.75 Å². The van der Waals surface area contributed by atoms with E-state index in [2.05, 4.69) is 5.32 Å². The third-order valence-corrected chi connectivity index (χ3v) is 3.29. The van der Waals surface area contributed by atoms with Gasteiger partial charge in [-0.15, -0.1) is 0 Å². The lowest BCUT2D eigenvalue weighted by atomic mass is 10.1. The van der Waals surface area contributed by atoms with Crippen LogP contribution in [0.15, 0.2) is 48.5 Å². The highest BCUT2D eigenvalue weighted by atomic mass is 16.5. The minimum Gasteiger partial charge on any atom is -0.494 e. The Hall–Kier alpha value is -2.33. The van der Waals surface area contributed by atoms with E-state index in [9.17, 15) is 4.79 Å². The van der Waals surface area contributed by atoms with Gasteiger partial charge in [-0.3, -0.25) is 0 Å². The monoisotopic (exact) mass is 299 g/mol. The van der Waals surface area contributed by atoms with Crippen molar-refractivity contribution in [3.05, 3.63) is 65.2 Å². The summed E-state index contributed by atoms with van der Waals surface area (Å²) in [5.74, 6) is -0.00638. The number of benzene rings is 2. The predicted octanol–water partition coefficient (Wildman–Crippen LogP) is 3.25. The SMILES string of the molecule is Cc1ccc(OCCCNCc2cccc(C(=O)O)c2)cc1. The van der Waals surface area contributed by atoms with Crippen molar-refractivity contribution in [1.82, 2.24) is 5.32 Å². The van der Waals surface area contributed by atoms with Crippen molar-refractivity contribution >= 4 is 5.97 Å². The number of nitrogens with one attached hydrogen (secondary N) is 1. The summed E-state index contributed by atoms with van der Waals surface area (Å²) in [6, 6.07) is 15.0. The molecular formula is C18H21NO3. The molecule has 0 unspecified atom stereocenters. The summed E-state index contributed by atoms with van der Waals surface area (Å²) < 4.78 is 5.65. The average Bonchev–Trinajstić information content (AvgIpc) is 2.52. The molecule has 0 heterocycles. The molecule has 0 spiro atoms. The maximum Gasteiger partial charge on any atom is 0.335 e. The van der Waals surface area contributed by atoms with E-state index >= 15 is 0 Å². The van der Waals surface area contributed by atoms with E-state index in [0.29, 0.717) is 18.7 Å². The smallest absolute Gasteiger partial charge is 0.335 e. The maximum absolute atomic E-state index is 10.9. The van der Waals surface area contributed by atoms with E-state index < -0.39 is 5.97 Å². The zero-order valence-corrected chi connectivity index (χ0v) is 12.7. The van der Waals surface area contributed by atoms with Crippen LogP contribution >= 0.6 is 0 Å². The van der Waals surface area contributed by atoms with Gasteiger partial charge in [-0.2, -0.15) is 0 Å². The molecule has 0 aliphatic rings. The first-order chi connectivity index (χ1) is 10.6. The molecule has 116 valence electrons. The van der Waals surface area contributed by atoms with Crippen molar-refractivity contribution in [2.24, 2.45) is 0 Å². The second-order valence-corrected chi connectivity index (χ2v) is 5.20. The molecule has 0 aliphatic heterocycles. The summed E-state index contributed by atoms with van der Waals surface area (Å²) in [7, 11) is 0. The number of rotatable bonds is 8. The Bertz CT molecular complexity index is 608. The molecule has 0 bridgehead atoms. The highest BCUT2D eigenvalue weighted by Gasteiger charge is 2.02. The summed E-state index contributed by atoms with van der Waals surface area (Å²) in [6.07, 6.45) is 0.895. The molecule has 22 heavy (non-hydrogen) atoms. The second kappa shape index (κ2) is 8.20. The van der Waals surface area contributed by atoms with Gasteiger partial charge >= 0.3 is 5.97 Å². The molecule has 0 aromatic heterocycles. The van der Waals surface area contributed by atoms with Gasteiger partial charge in [0, 0.05) is 6.54 Å². The van der Waals surface area contributed by atoms with E-state index in [1.165, 1.54) is 5.56 Å². The van der Waals surface area contributed by atoms with Crippen LogP contribution in [0, 0.1) is 6.92 Å². The quantitative estimate of drug-likeness (QED) is 0.735. The highest BCUT2D eigenvalue weighted by Crippen LogP contribution is 2.11. The summed E-state index contributed by atoms with van der Waals surface area (Å²) >= 11 is 0. The van der Waals surface area contributed by atoms with Crippen molar-refractivity contribution in [3.63, 3.8) is 0 Å². The molecule has 0 atom stereocenters. The first-order valence-electron chi connectivity index (χ1n) is 7.37. The summed E-state index contributed by atoms with van der Waals surface area (Å²) in [5.41, 5.74) is 2.51. The van der Waals surface area contributed by atoms with Crippen molar-refractivity contribution in [1.29, 1.82) is 0 Å². The van der Waals surface area contributed by atoms with E-state index in [1.54, 1.807) is 18.2 Å². The standard InChI is InChI=1S/C18H21NO3/c1-14-6-8-17(9-7-14)22-11-3-10-19-13-15-4-2-5-16(12-15)18(20)21/h2,4-9,12,19H,3,10-11,13H2,1H3,(H,20,21). The minimum absolute atomic E-state index is 0.321. The lowest BCUT2D eigenvalue weighted by molar-refractivity contribution is 0.0696. The number of hydrogen-bond acceptors (Lipinski definition) is 3. The van der Waals surface area contributed by atoms with Gasteiger partial charge in [-0.05, 0) is 49.7 Å². The fourth-order valence-corrected chi connectivity index (χ4v) is 2.07. The molecule has 4 nitrogen and oxygen atoms in total. The number of aryl methyl sites for hydroxylation is 1. The fourth-order valence-electron chi connectivity index (χ4n) is 2.07. The summed E-state index contributed by atoms with van der Waals surface area (Å²) in [6.45, 7) is 4.19. The van der Waals surface area contributed by atoms with Crippen LogP contribution in [0.3, 0.4) is 0 Å². The van der Waals surface area contributed by atoms with Crippen LogP contribution in [0.25, 0.3) is 0 Å². The van der Waals surface area contributed by atoms with Crippen LogP contribution in [0.2, 0.25) is 0 Å². The van der Waals surface area contributed by atoms with Crippen LogP contribution in [0.1, 0.15) is 27.9 Å². The highest BCUT2D eigenvalue weighted by molar-refractivity contribution is 5.87. The molecule has 0 radical (unpaired) electrons. The van der Waals surface area contributed by atoms with Crippen LogP contribution in [0.4, 0.5) is 0 Å². The molecule has 4 heteroatoms. The van der Waals surface area contributed by atoms with Crippen LogP contribution in [-0.4, -0.2) is 24.2 Å². The Morgan fingerprint density at radius 3 is 2.68 bits per heavy atom. The molecule has 0 fully saturated rings. The molecule has 2 rings (SSSR count). The van der Waals surface area contributed by atoms with Crippen LogP contribution in [-0.2, 0) is 6.54 Å². The van der Waals surface area contributed by atoms with Crippen LogP contribution in [0.5, 0.6) is 5.75 Å². The normalized spacial score (nSPS) is 10.4. The molecule has 2 N–H and O–H groups in total. The lowest BCUT2D eigenvalue weighted by Crippen LogP contribution is -2.17. The molecule has 0 aliphatic carbocycles. The summed E-state index contributed by atoms with van der Waals surface area (Å²) in [4.78, 5) is 10.9. The number of carboxylic acid groups (broad SMARTS) is 1. The van der Waals surface area contributed by atoms with Crippen molar-refractivity contribution < 1.29 is 14.6 Å². The number of carboxylic acids is 1. The van der Waals surface area contributed by atoms with E-state index in [-0.39, 0.29) is 0 Å². The van der Waals surface area contributed by atoms with Gasteiger partial charge in [0.05, 0.1) is 12.2 Å². The molecule has 0 saturated heterocycles. The van der Waals surface area contributed by atoms with Gasteiger partial charge in [0.1, 0.15) is 5.75 Å². The van der Waals surface area contributed by atoms with Gasteiger partial charge in [0.15, 0.2) is 0 Å². The molecule has 2 aromatic carbocycles. The Morgan fingerprint density at radius 1 is 1.18 bits per heavy atom. The van der Waals surface area contributed by atoms with Gasteiger partial charge < -0.3 is 15.2 Å². The van der Waals surface area contributed by atoms with Gasteiger partial charge in [0.2, 0.25) is 0 Å². The lowest BCUT2D eigenvalue weighted by Gasteiger charge is -2.08. The van der Waals surface area contributed by atoms with E-state index in [4.69, 9.17) is 9.84 Å². The number of aromatic carboxylic acids is 1. The molecule has 0 saturated carbocycles. The van der Waals surface area contributed by atoms with Gasteiger partial charge in [0.25, 0.3) is 0 Å². The number of ether oxygens (including phenoxy) is 1. The minimum atomic E-state index is -0.895. The zero-order chi connectivity index (χ0) is 15.8. The maximum atomic E-state index is 10.9. The average molecular weight is 299 g/mol. The number of hydrogen-bond donors (Lipinski definition) is 2. The molecule has 0 amide bonds. The van der Waals surface area contributed by atoms with E-state index in [0.717, 1.165) is 24.3 Å². The third-order valence-electron chi connectivity index (χ3n) is 3.29. The third kappa shape index (κ3) is 5.22. The zero-order valence-electron chi connectivity index (χ0n) is 12.7. The summed E-state index contributed by atoms with van der Waals surface area (Å²) in [5, 5.41) is 12.2. The Balaban J connectivity index is 1.64. The van der Waals surface area contributed by atoms with Crippen molar-refractivity contribution in [2.75, 3.05) is 13.2 Å². The number of carbonyl (C=O) groups is 1. The second-order valence-electron chi connectivity index (χ2n) is 5.20. The first-order valence-corrected chi connectivity index (χ1v) is 7.37. The van der Waals surface area contributed by atoms with Gasteiger partial charge in [-0.1, -0.05) is 29.8 Å². The molecule has 2 aromatic rings. The first kappa shape index (κ1) is 16.0. The largest absolute Gasteiger partial charge is 0.494 e. The van der Waals surface area contributed by atoms with Gasteiger partial charge in [-0.25, -0.2) is 4.79 Å². The molecular weight excluding hydrogens is 278 g/mol. The topological polar surface area (TPSA) is 58.6 Å². The van der Waals surface area contributed by atoms with E-state index in [1.807, 2.05) is 37.3 Å². The predicted molar refractivity (Wildman–Crippen MR) is 86.4 cm³/mol. The Labute approximate surface area is 130 Å². The Morgan fingerprint density at radius 2 is 1.95 bits per heavy atom. The Kier molecular flexibility index (Phi) is 5.98. The fraction of sp³-hybridized carbons (Fsp3) is 0.278. The van der Waals surface area contributed by atoms with Crippen LogP contribution < -0.4 is 10.1 Å². The van der Waals surface area contributed by atoms with Crippen molar-refractivity contribution in [2.45, 2.75) is 19.9 Å².